The van der Waals surface area contributed by atoms with Crippen molar-refractivity contribution in [3.63, 3.8) is 0 Å². The molecule has 0 aliphatic carbocycles. The molecule has 0 radical (unpaired) electrons. The number of nitrogens with one attached hydrogen (secondary N) is 2. The molecule has 106 valence electrons. The quantitative estimate of drug-likeness (QED) is 0.898. The van der Waals surface area contributed by atoms with Crippen molar-refractivity contribution in [3.05, 3.63) is 42.2 Å². The number of halogens is 3. The van der Waals surface area contributed by atoms with E-state index in [1.807, 2.05) is 6.92 Å². The summed E-state index contributed by atoms with van der Waals surface area (Å²) < 4.78 is 38.6. The number of benzene rings is 1. The number of para-hydroxylation sites is 1. The van der Waals surface area contributed by atoms with Crippen molar-refractivity contribution in [2.24, 2.45) is 0 Å². The molecule has 0 unspecified atom stereocenters. The minimum atomic E-state index is -4.42. The third-order valence-electron chi connectivity index (χ3n) is 2.52. The highest BCUT2D eigenvalue weighted by Gasteiger charge is 2.33. The zero-order chi connectivity index (χ0) is 14.6. The van der Waals surface area contributed by atoms with Crippen molar-refractivity contribution in [1.29, 1.82) is 0 Å². The summed E-state index contributed by atoms with van der Waals surface area (Å²) in [6, 6.07) is 6.81. The second-order valence-electron chi connectivity index (χ2n) is 3.99. The predicted octanol–water partition coefficient (Wildman–Crippen LogP) is 3.67. The minimum Gasteiger partial charge on any atom is -0.370 e. The summed E-state index contributed by atoms with van der Waals surface area (Å²) in [6.07, 6.45) is -3.13. The molecule has 2 aromatic rings. The normalized spacial score (nSPS) is 11.2. The first kappa shape index (κ1) is 14.1. The van der Waals surface area contributed by atoms with E-state index in [9.17, 15) is 13.2 Å². The number of nitrogens with zero attached hydrogens (tertiary/aromatic N) is 2. The Labute approximate surface area is 114 Å². The molecule has 2 N–H and O–H groups in total. The van der Waals surface area contributed by atoms with E-state index in [1.165, 1.54) is 24.5 Å². The van der Waals surface area contributed by atoms with Gasteiger partial charge in [0.25, 0.3) is 0 Å². The van der Waals surface area contributed by atoms with Crippen LogP contribution in [0.2, 0.25) is 0 Å². The predicted molar refractivity (Wildman–Crippen MR) is 70.9 cm³/mol. The molecule has 20 heavy (non-hydrogen) atoms. The number of rotatable bonds is 4. The second kappa shape index (κ2) is 5.77. The standard InChI is InChI=1S/C13H13F3N4/c1-2-17-11-7-12(19-8-18-11)20-10-6-4-3-5-9(10)13(14,15)16/h3-8H,2H2,1H3,(H2,17,18,19,20). The van der Waals surface area contributed by atoms with Crippen LogP contribution in [-0.2, 0) is 6.18 Å². The van der Waals surface area contributed by atoms with Crippen molar-refractivity contribution in [3.8, 4) is 0 Å². The lowest BCUT2D eigenvalue weighted by Gasteiger charge is -2.14. The molecule has 4 nitrogen and oxygen atoms in total. The van der Waals surface area contributed by atoms with E-state index in [4.69, 9.17) is 0 Å². The smallest absolute Gasteiger partial charge is 0.370 e. The lowest BCUT2D eigenvalue weighted by atomic mass is 10.1. The molecule has 0 fully saturated rings. The van der Waals surface area contributed by atoms with Crippen molar-refractivity contribution in [1.82, 2.24) is 9.97 Å². The molecule has 7 heteroatoms. The van der Waals surface area contributed by atoms with Gasteiger partial charge in [0.15, 0.2) is 0 Å². The molecule has 1 aromatic heterocycles. The number of anilines is 3. The first-order valence-corrected chi connectivity index (χ1v) is 6.00. The molecule has 0 saturated carbocycles. The maximum absolute atomic E-state index is 12.9. The van der Waals surface area contributed by atoms with Gasteiger partial charge in [-0.1, -0.05) is 12.1 Å². The van der Waals surface area contributed by atoms with Crippen LogP contribution in [0, 0.1) is 0 Å². The number of hydrogen-bond acceptors (Lipinski definition) is 4. The SMILES string of the molecule is CCNc1cc(Nc2ccccc2C(F)(F)F)ncn1. The second-order valence-corrected chi connectivity index (χ2v) is 3.99. The average Bonchev–Trinajstić information content (AvgIpc) is 2.39. The molecular formula is C13H13F3N4. The van der Waals surface area contributed by atoms with Gasteiger partial charge < -0.3 is 10.6 Å². The van der Waals surface area contributed by atoms with Gasteiger partial charge in [0.2, 0.25) is 0 Å². The van der Waals surface area contributed by atoms with Crippen molar-refractivity contribution < 1.29 is 13.2 Å². The summed E-state index contributed by atoms with van der Waals surface area (Å²) in [5.74, 6) is 0.849. The molecule has 1 aromatic carbocycles. The number of alkyl halides is 3. The Hall–Kier alpha value is -2.31. The molecule has 1 heterocycles. The summed E-state index contributed by atoms with van der Waals surface area (Å²) in [5.41, 5.74) is -0.773. The third kappa shape index (κ3) is 3.37. The van der Waals surface area contributed by atoms with E-state index in [0.29, 0.717) is 18.2 Å². The van der Waals surface area contributed by atoms with Crippen LogP contribution in [0.15, 0.2) is 36.7 Å². The Bertz CT molecular complexity index is 584. The Morgan fingerprint density at radius 1 is 1.10 bits per heavy atom. The lowest BCUT2D eigenvalue weighted by molar-refractivity contribution is -0.136. The Morgan fingerprint density at radius 3 is 2.50 bits per heavy atom. The van der Waals surface area contributed by atoms with E-state index in [2.05, 4.69) is 20.6 Å². The highest BCUT2D eigenvalue weighted by Crippen LogP contribution is 2.35. The fraction of sp³-hybridized carbons (Fsp3) is 0.231. The Morgan fingerprint density at radius 2 is 1.80 bits per heavy atom. The van der Waals surface area contributed by atoms with E-state index in [0.717, 1.165) is 6.07 Å². The fourth-order valence-electron chi connectivity index (χ4n) is 1.68. The third-order valence-corrected chi connectivity index (χ3v) is 2.52. The first-order chi connectivity index (χ1) is 9.50. The van der Waals surface area contributed by atoms with E-state index >= 15 is 0 Å². The van der Waals surface area contributed by atoms with Crippen LogP contribution >= 0.6 is 0 Å². The summed E-state index contributed by atoms with van der Waals surface area (Å²) in [5, 5.41) is 5.63. The van der Waals surface area contributed by atoms with Crippen LogP contribution in [0.3, 0.4) is 0 Å². The van der Waals surface area contributed by atoms with Gasteiger partial charge in [-0.15, -0.1) is 0 Å². The maximum Gasteiger partial charge on any atom is 0.418 e. The van der Waals surface area contributed by atoms with Gasteiger partial charge in [-0.2, -0.15) is 13.2 Å². The molecule has 0 bridgehead atoms. The minimum absolute atomic E-state index is 0.0406. The Kier molecular flexibility index (Phi) is 4.07. The van der Waals surface area contributed by atoms with Crippen LogP contribution in [0.1, 0.15) is 12.5 Å². The molecular weight excluding hydrogens is 269 g/mol. The molecule has 2 rings (SSSR count). The highest BCUT2D eigenvalue weighted by molar-refractivity contribution is 5.63. The largest absolute Gasteiger partial charge is 0.418 e. The van der Waals surface area contributed by atoms with Gasteiger partial charge >= 0.3 is 6.18 Å². The number of aromatic nitrogens is 2. The van der Waals surface area contributed by atoms with E-state index in [-0.39, 0.29) is 5.69 Å². The van der Waals surface area contributed by atoms with Gasteiger partial charge in [-0.3, -0.25) is 0 Å². The molecule has 0 aliphatic heterocycles. The zero-order valence-corrected chi connectivity index (χ0v) is 10.7. The zero-order valence-electron chi connectivity index (χ0n) is 10.7. The van der Waals surface area contributed by atoms with E-state index < -0.39 is 11.7 Å². The van der Waals surface area contributed by atoms with Crippen molar-refractivity contribution >= 4 is 17.3 Å². The topological polar surface area (TPSA) is 49.8 Å². The summed E-state index contributed by atoms with van der Waals surface area (Å²) in [7, 11) is 0. The number of hydrogen-bond donors (Lipinski definition) is 2. The summed E-state index contributed by atoms with van der Waals surface area (Å²) >= 11 is 0. The molecule has 0 saturated heterocycles. The van der Waals surface area contributed by atoms with Crippen LogP contribution < -0.4 is 10.6 Å². The van der Waals surface area contributed by atoms with Crippen LogP contribution in [0.5, 0.6) is 0 Å². The molecule has 0 spiro atoms. The van der Waals surface area contributed by atoms with Gasteiger partial charge in [-0.05, 0) is 19.1 Å². The molecule has 0 aliphatic rings. The first-order valence-electron chi connectivity index (χ1n) is 6.00. The van der Waals surface area contributed by atoms with Gasteiger partial charge in [0, 0.05) is 12.6 Å². The van der Waals surface area contributed by atoms with Gasteiger partial charge in [0.05, 0.1) is 11.3 Å². The fourth-order valence-corrected chi connectivity index (χ4v) is 1.68. The van der Waals surface area contributed by atoms with Crippen molar-refractivity contribution in [2.45, 2.75) is 13.1 Å². The average molecular weight is 282 g/mol. The van der Waals surface area contributed by atoms with Crippen molar-refractivity contribution in [2.75, 3.05) is 17.2 Å². The lowest BCUT2D eigenvalue weighted by Crippen LogP contribution is -2.09. The van der Waals surface area contributed by atoms with Gasteiger partial charge in [-0.25, -0.2) is 9.97 Å². The Balaban J connectivity index is 2.28. The molecule has 0 amide bonds. The monoisotopic (exact) mass is 282 g/mol. The highest BCUT2D eigenvalue weighted by atomic mass is 19.4. The maximum atomic E-state index is 12.9. The van der Waals surface area contributed by atoms with Crippen LogP contribution in [0.25, 0.3) is 0 Å². The summed E-state index contributed by atoms with van der Waals surface area (Å²) in [6.45, 7) is 2.56. The van der Waals surface area contributed by atoms with E-state index in [1.54, 1.807) is 6.07 Å². The molecule has 0 atom stereocenters. The summed E-state index contributed by atoms with van der Waals surface area (Å²) in [4.78, 5) is 7.87. The van der Waals surface area contributed by atoms with Gasteiger partial charge in [0.1, 0.15) is 18.0 Å². The van der Waals surface area contributed by atoms with Crippen LogP contribution in [-0.4, -0.2) is 16.5 Å². The van der Waals surface area contributed by atoms with Crippen LogP contribution in [0.4, 0.5) is 30.5 Å².